The minimum Gasteiger partial charge on any atom is -0.351 e. The Balaban J connectivity index is 1.67. The highest BCUT2D eigenvalue weighted by Gasteiger charge is 2.48. The second-order valence-electron chi connectivity index (χ2n) is 10.8. The number of anilines is 2. The molecule has 12 heteroatoms. The van der Waals surface area contributed by atoms with E-state index in [0.29, 0.717) is 11.1 Å². The number of carbonyl (C=O) groups excluding carboxylic acids is 3. The third-order valence-electron chi connectivity index (χ3n) is 7.74. The summed E-state index contributed by atoms with van der Waals surface area (Å²) in [5.41, 5.74) is 1.33. The number of aromatic nitrogens is 1. The number of nitrogens with one attached hydrogen (secondary N) is 1. The molecular formula is C32H25F2N7O3. The molecule has 2 fully saturated rings. The van der Waals surface area contributed by atoms with Crippen LogP contribution in [0, 0.1) is 40.9 Å². The van der Waals surface area contributed by atoms with Crippen LogP contribution in [0.2, 0.25) is 0 Å². The molecule has 2 heterocycles. The van der Waals surface area contributed by atoms with E-state index in [2.05, 4.69) is 10.3 Å². The van der Waals surface area contributed by atoms with Crippen molar-refractivity contribution in [1.29, 1.82) is 15.8 Å². The summed E-state index contributed by atoms with van der Waals surface area (Å²) < 4.78 is 27.4. The van der Waals surface area contributed by atoms with Crippen LogP contribution in [0.4, 0.5) is 20.3 Å². The van der Waals surface area contributed by atoms with Gasteiger partial charge in [0.1, 0.15) is 17.9 Å². The van der Waals surface area contributed by atoms with E-state index in [1.54, 1.807) is 31.2 Å². The fourth-order valence-electron chi connectivity index (χ4n) is 5.60. The van der Waals surface area contributed by atoms with Crippen LogP contribution in [0.25, 0.3) is 0 Å². The number of halogens is 2. The van der Waals surface area contributed by atoms with E-state index in [0.717, 1.165) is 4.90 Å². The maximum Gasteiger partial charge on any atom is 0.252 e. The van der Waals surface area contributed by atoms with Gasteiger partial charge in [0.25, 0.3) is 11.8 Å². The third kappa shape index (κ3) is 5.81. The van der Waals surface area contributed by atoms with Crippen molar-refractivity contribution in [3.63, 3.8) is 0 Å². The quantitative estimate of drug-likeness (QED) is 0.431. The van der Waals surface area contributed by atoms with E-state index >= 15 is 0 Å². The zero-order chi connectivity index (χ0) is 31.6. The lowest BCUT2D eigenvalue weighted by Gasteiger charge is -2.39. The van der Waals surface area contributed by atoms with Gasteiger partial charge in [-0.1, -0.05) is 24.3 Å². The second kappa shape index (κ2) is 11.9. The van der Waals surface area contributed by atoms with E-state index in [-0.39, 0.29) is 41.0 Å². The molecule has 0 bridgehead atoms. The molecule has 2 aromatic carbocycles. The van der Waals surface area contributed by atoms with Crippen LogP contribution < -0.4 is 15.1 Å². The first-order valence-corrected chi connectivity index (χ1v) is 13.8. The summed E-state index contributed by atoms with van der Waals surface area (Å²) in [6.07, 6.45) is 0.255. The molecule has 0 spiro atoms. The number of hydrogen-bond donors (Lipinski definition) is 1. The van der Waals surface area contributed by atoms with Crippen molar-refractivity contribution in [3.05, 3.63) is 88.6 Å². The van der Waals surface area contributed by atoms with Crippen LogP contribution in [-0.4, -0.2) is 40.7 Å². The maximum absolute atomic E-state index is 14.7. The number of nitrogens with zero attached hydrogens (tertiary/aromatic N) is 6. The number of pyridine rings is 1. The van der Waals surface area contributed by atoms with Crippen molar-refractivity contribution >= 4 is 29.2 Å². The Kier molecular flexibility index (Phi) is 8.07. The minimum absolute atomic E-state index is 0.0250. The first-order chi connectivity index (χ1) is 21.0. The monoisotopic (exact) mass is 593 g/mol. The molecule has 44 heavy (non-hydrogen) atoms. The van der Waals surface area contributed by atoms with Gasteiger partial charge in [-0.15, -0.1) is 0 Å². The van der Waals surface area contributed by atoms with Crippen molar-refractivity contribution in [2.75, 3.05) is 9.80 Å². The lowest BCUT2D eigenvalue weighted by atomic mass is 9.87. The predicted molar refractivity (Wildman–Crippen MR) is 153 cm³/mol. The van der Waals surface area contributed by atoms with Crippen LogP contribution in [-0.2, 0) is 14.4 Å². The summed E-state index contributed by atoms with van der Waals surface area (Å²) >= 11 is 0. The number of hydrogen-bond acceptors (Lipinski definition) is 7. The Morgan fingerprint density at radius 1 is 1.02 bits per heavy atom. The van der Waals surface area contributed by atoms with Gasteiger partial charge in [-0.05, 0) is 54.8 Å². The van der Waals surface area contributed by atoms with Crippen molar-refractivity contribution in [2.24, 2.45) is 0 Å². The van der Waals surface area contributed by atoms with Gasteiger partial charge in [-0.3, -0.25) is 24.2 Å². The first kappa shape index (κ1) is 29.8. The fourth-order valence-corrected chi connectivity index (χ4v) is 5.60. The first-order valence-electron chi connectivity index (χ1n) is 13.8. The van der Waals surface area contributed by atoms with Crippen molar-refractivity contribution in [3.8, 4) is 18.2 Å². The van der Waals surface area contributed by atoms with Crippen LogP contribution in [0.5, 0.6) is 0 Å². The summed E-state index contributed by atoms with van der Waals surface area (Å²) in [6, 6.07) is 16.1. The van der Waals surface area contributed by atoms with Gasteiger partial charge < -0.3 is 5.32 Å². The zero-order valence-corrected chi connectivity index (χ0v) is 23.5. The van der Waals surface area contributed by atoms with Gasteiger partial charge in [0.05, 0.1) is 34.9 Å². The van der Waals surface area contributed by atoms with Crippen LogP contribution in [0.1, 0.15) is 59.5 Å². The van der Waals surface area contributed by atoms with E-state index in [9.17, 15) is 39.0 Å². The molecule has 220 valence electrons. The smallest absolute Gasteiger partial charge is 0.252 e. The number of benzene rings is 2. The Morgan fingerprint density at radius 2 is 1.68 bits per heavy atom. The molecule has 0 radical (unpaired) electrons. The average molecular weight is 594 g/mol. The van der Waals surface area contributed by atoms with E-state index in [1.807, 2.05) is 18.2 Å². The van der Waals surface area contributed by atoms with E-state index in [1.165, 1.54) is 41.4 Å². The summed E-state index contributed by atoms with van der Waals surface area (Å²) in [6.45, 7) is 1.73. The normalized spacial score (nSPS) is 17.9. The second-order valence-corrected chi connectivity index (χ2v) is 10.8. The molecular weight excluding hydrogens is 568 g/mol. The molecule has 1 saturated heterocycles. The lowest BCUT2D eigenvalue weighted by molar-refractivity contribution is -0.133. The largest absolute Gasteiger partial charge is 0.351 e. The predicted octanol–water partition coefficient (Wildman–Crippen LogP) is 4.19. The van der Waals surface area contributed by atoms with Crippen molar-refractivity contribution in [1.82, 2.24) is 10.3 Å². The number of carbonyl (C=O) groups is 3. The number of nitriles is 3. The molecule has 10 nitrogen and oxygen atoms in total. The van der Waals surface area contributed by atoms with Gasteiger partial charge in [-0.2, -0.15) is 15.8 Å². The van der Waals surface area contributed by atoms with Gasteiger partial charge in [0.2, 0.25) is 11.8 Å². The number of aryl methyl sites for hydroxylation is 1. The Labute approximate surface area is 251 Å². The molecule has 1 N–H and O–H groups in total. The van der Waals surface area contributed by atoms with E-state index < -0.39 is 54.6 Å². The lowest BCUT2D eigenvalue weighted by Crippen LogP contribution is -2.56. The zero-order valence-electron chi connectivity index (χ0n) is 23.5. The molecule has 5 rings (SSSR count). The molecule has 1 aromatic heterocycles. The molecule has 1 aliphatic heterocycles. The summed E-state index contributed by atoms with van der Waals surface area (Å²) in [5, 5.41) is 31.5. The topological polar surface area (TPSA) is 154 Å². The molecule has 2 aliphatic rings. The molecule has 2 unspecified atom stereocenters. The van der Waals surface area contributed by atoms with Crippen molar-refractivity contribution in [2.45, 2.75) is 56.7 Å². The van der Waals surface area contributed by atoms with Crippen LogP contribution in [0.15, 0.2) is 60.8 Å². The molecule has 1 aliphatic carbocycles. The SMILES string of the molecule is Cc1ccccc1C(C(=O)NC1CC(F)(F)C1)N(C(=O)C1CCC(=O)N1c1cc(C#N)ccn1)c1cc(C#N)cc(C#N)c1. The molecule has 3 aromatic rings. The Hall–Kier alpha value is -5.67. The van der Waals surface area contributed by atoms with Crippen LogP contribution in [0.3, 0.4) is 0 Å². The van der Waals surface area contributed by atoms with Gasteiger partial charge >= 0.3 is 0 Å². The standard InChI is InChI=1S/C32H25F2N7O3/c1-19-4-2-3-5-25(19)29(30(43)39-23-14-32(33,34)15-23)40(24-11-21(17-36)10-22(12-24)18-37)31(44)26-6-7-28(42)41(26)27-13-20(16-35)8-9-38-27/h2-5,8-13,23,26,29H,6-7,14-15H2,1H3,(H,39,43). The van der Waals surface area contributed by atoms with Gasteiger partial charge in [0, 0.05) is 37.2 Å². The summed E-state index contributed by atoms with van der Waals surface area (Å²) in [4.78, 5) is 48.4. The van der Waals surface area contributed by atoms with Gasteiger partial charge in [-0.25, -0.2) is 13.8 Å². The van der Waals surface area contributed by atoms with Gasteiger partial charge in [0.15, 0.2) is 0 Å². The van der Waals surface area contributed by atoms with E-state index in [4.69, 9.17) is 0 Å². The molecule has 3 amide bonds. The molecule has 2 atom stereocenters. The average Bonchev–Trinajstić information content (AvgIpc) is 3.39. The number of alkyl halides is 2. The Bertz CT molecular complexity index is 1750. The highest BCUT2D eigenvalue weighted by atomic mass is 19.3. The highest BCUT2D eigenvalue weighted by Crippen LogP contribution is 2.39. The molecule has 1 saturated carbocycles. The summed E-state index contributed by atoms with van der Waals surface area (Å²) in [5.74, 6) is -4.73. The van der Waals surface area contributed by atoms with Crippen molar-refractivity contribution < 1.29 is 23.2 Å². The number of rotatable bonds is 7. The fraction of sp³-hybridized carbons (Fsp3) is 0.281. The maximum atomic E-state index is 14.7. The van der Waals surface area contributed by atoms with Crippen LogP contribution >= 0.6 is 0 Å². The number of amides is 3. The highest BCUT2D eigenvalue weighted by molar-refractivity contribution is 6.11. The third-order valence-corrected chi connectivity index (χ3v) is 7.74. The summed E-state index contributed by atoms with van der Waals surface area (Å²) in [7, 11) is 0. The Morgan fingerprint density at radius 3 is 2.30 bits per heavy atom. The minimum atomic E-state index is -2.91.